The Morgan fingerprint density at radius 1 is 1.32 bits per heavy atom. The lowest BCUT2D eigenvalue weighted by atomic mass is 9.99. The number of urea groups is 1. The first-order valence-electron chi connectivity index (χ1n) is 10.3. The van der Waals surface area contributed by atoms with Gasteiger partial charge >= 0.3 is 6.03 Å². The Bertz CT molecular complexity index is 697. The van der Waals surface area contributed by atoms with Gasteiger partial charge in [-0.2, -0.15) is 5.26 Å². The Hall–Kier alpha value is -2.30. The van der Waals surface area contributed by atoms with Crippen molar-refractivity contribution in [1.82, 2.24) is 9.80 Å². The molecule has 2 heterocycles. The summed E-state index contributed by atoms with van der Waals surface area (Å²) < 4.78 is 10.9. The number of likely N-dealkylation sites (tertiary alicyclic amines) is 1. The van der Waals surface area contributed by atoms with Crippen LogP contribution >= 0.6 is 0 Å². The van der Waals surface area contributed by atoms with Gasteiger partial charge in [0.05, 0.1) is 25.4 Å². The lowest BCUT2D eigenvalue weighted by molar-refractivity contribution is 0.0329. The summed E-state index contributed by atoms with van der Waals surface area (Å²) >= 11 is 0. The highest BCUT2D eigenvalue weighted by Gasteiger charge is 2.27. The predicted octanol–water partition coefficient (Wildman–Crippen LogP) is 3.07. The van der Waals surface area contributed by atoms with E-state index in [0.717, 1.165) is 58.7 Å². The molecule has 0 bridgehead atoms. The third kappa shape index (κ3) is 5.37. The van der Waals surface area contributed by atoms with Gasteiger partial charge in [-0.15, -0.1) is 0 Å². The van der Waals surface area contributed by atoms with Gasteiger partial charge in [0, 0.05) is 37.9 Å². The van der Waals surface area contributed by atoms with E-state index in [-0.39, 0.29) is 12.1 Å². The molecule has 2 saturated heterocycles. The molecule has 3 rings (SSSR count). The highest BCUT2D eigenvalue weighted by Crippen LogP contribution is 2.25. The average Bonchev–Trinajstić information content (AvgIpc) is 2.74. The number of nitriles is 1. The van der Waals surface area contributed by atoms with Crippen molar-refractivity contribution in [3.05, 3.63) is 23.8 Å². The second-order valence-corrected chi connectivity index (χ2v) is 7.27. The minimum Gasteiger partial charge on any atom is -0.492 e. The van der Waals surface area contributed by atoms with Gasteiger partial charge in [-0.05, 0) is 50.8 Å². The van der Waals surface area contributed by atoms with Crippen LogP contribution in [0, 0.1) is 11.3 Å². The number of benzene rings is 1. The van der Waals surface area contributed by atoms with Gasteiger partial charge in [-0.1, -0.05) is 0 Å². The number of nitrogens with zero attached hydrogens (tertiary/aromatic N) is 3. The predicted molar refractivity (Wildman–Crippen MR) is 108 cm³/mol. The summed E-state index contributed by atoms with van der Waals surface area (Å²) in [5.74, 6) is 0.546. The van der Waals surface area contributed by atoms with Crippen LogP contribution in [0.25, 0.3) is 0 Å². The van der Waals surface area contributed by atoms with Crippen LogP contribution in [0.2, 0.25) is 0 Å². The molecule has 1 atom stereocenters. The van der Waals surface area contributed by atoms with Gasteiger partial charge in [0.1, 0.15) is 11.8 Å². The van der Waals surface area contributed by atoms with E-state index < -0.39 is 0 Å². The van der Waals surface area contributed by atoms with E-state index in [1.165, 1.54) is 6.42 Å². The molecule has 1 aromatic rings. The number of morpholine rings is 1. The molecule has 2 amide bonds. The van der Waals surface area contributed by atoms with Crippen molar-refractivity contribution in [3.63, 3.8) is 0 Å². The molecule has 0 saturated carbocycles. The zero-order chi connectivity index (χ0) is 19.8. The summed E-state index contributed by atoms with van der Waals surface area (Å²) in [5, 5.41) is 12.3. The Morgan fingerprint density at radius 2 is 2.14 bits per heavy atom. The fourth-order valence-electron chi connectivity index (χ4n) is 3.90. The Morgan fingerprint density at radius 3 is 2.89 bits per heavy atom. The molecule has 0 spiro atoms. The first-order chi connectivity index (χ1) is 13.7. The normalized spacial score (nSPS) is 20.4. The summed E-state index contributed by atoms with van der Waals surface area (Å²) in [6.07, 6.45) is 4.23. The van der Waals surface area contributed by atoms with Crippen LogP contribution in [0.3, 0.4) is 0 Å². The summed E-state index contributed by atoms with van der Waals surface area (Å²) in [5.41, 5.74) is 1.06. The van der Waals surface area contributed by atoms with Crippen LogP contribution in [0.4, 0.5) is 10.5 Å². The van der Waals surface area contributed by atoms with Crippen LogP contribution in [-0.2, 0) is 4.74 Å². The molecule has 1 aromatic carbocycles. The standard InChI is InChI=1S/C21H30N4O3/c1-2-28-20-7-6-18(15-17(20)16-22)23-21(26)25-9-4-3-5-19(25)8-10-24-11-13-27-14-12-24/h6-7,15,19H,2-5,8-14H2,1H3,(H,23,26)/t19-/m1/s1. The smallest absolute Gasteiger partial charge is 0.322 e. The van der Waals surface area contributed by atoms with E-state index in [4.69, 9.17) is 9.47 Å². The quantitative estimate of drug-likeness (QED) is 0.813. The molecule has 152 valence electrons. The molecule has 0 radical (unpaired) electrons. The van der Waals surface area contributed by atoms with Crippen LogP contribution < -0.4 is 10.1 Å². The Kier molecular flexibility index (Phi) is 7.52. The fraction of sp³-hybridized carbons (Fsp3) is 0.619. The van der Waals surface area contributed by atoms with Crippen LogP contribution in [0.5, 0.6) is 5.75 Å². The van der Waals surface area contributed by atoms with E-state index in [2.05, 4.69) is 16.3 Å². The molecule has 1 N–H and O–H groups in total. The van der Waals surface area contributed by atoms with Gasteiger partial charge in [0.2, 0.25) is 0 Å². The number of ether oxygens (including phenoxy) is 2. The second kappa shape index (κ2) is 10.3. The average molecular weight is 386 g/mol. The molecule has 7 nitrogen and oxygen atoms in total. The molecular weight excluding hydrogens is 356 g/mol. The molecule has 0 aromatic heterocycles. The summed E-state index contributed by atoms with van der Waals surface area (Å²) in [4.78, 5) is 17.3. The van der Waals surface area contributed by atoms with Crippen molar-refractivity contribution < 1.29 is 14.3 Å². The van der Waals surface area contributed by atoms with Crippen LogP contribution in [0.1, 0.15) is 38.2 Å². The maximum Gasteiger partial charge on any atom is 0.322 e. The Labute approximate surface area is 167 Å². The van der Waals surface area contributed by atoms with E-state index in [1.807, 2.05) is 11.8 Å². The number of carbonyl (C=O) groups is 1. The monoisotopic (exact) mass is 386 g/mol. The molecular formula is C21H30N4O3. The number of hydrogen-bond donors (Lipinski definition) is 1. The van der Waals surface area contributed by atoms with Crippen molar-refractivity contribution in [2.45, 2.75) is 38.6 Å². The van der Waals surface area contributed by atoms with Crippen molar-refractivity contribution in [2.24, 2.45) is 0 Å². The number of hydrogen-bond acceptors (Lipinski definition) is 5. The highest BCUT2D eigenvalue weighted by atomic mass is 16.5. The summed E-state index contributed by atoms with van der Waals surface area (Å²) in [7, 11) is 0. The van der Waals surface area contributed by atoms with E-state index >= 15 is 0 Å². The highest BCUT2D eigenvalue weighted by molar-refractivity contribution is 5.90. The lowest BCUT2D eigenvalue weighted by Gasteiger charge is -2.37. The number of nitrogens with one attached hydrogen (secondary N) is 1. The SMILES string of the molecule is CCOc1ccc(NC(=O)N2CCCC[C@@H]2CCN2CCOCC2)cc1C#N. The third-order valence-electron chi connectivity index (χ3n) is 5.42. The number of rotatable bonds is 6. The molecule has 7 heteroatoms. The summed E-state index contributed by atoms with van der Waals surface area (Å²) in [6.45, 7) is 7.70. The van der Waals surface area contributed by atoms with Crippen molar-refractivity contribution in [3.8, 4) is 11.8 Å². The maximum atomic E-state index is 12.9. The van der Waals surface area contributed by atoms with Gasteiger partial charge in [-0.25, -0.2) is 4.79 Å². The van der Waals surface area contributed by atoms with Crippen molar-refractivity contribution in [1.29, 1.82) is 5.26 Å². The molecule has 28 heavy (non-hydrogen) atoms. The Balaban J connectivity index is 1.60. The van der Waals surface area contributed by atoms with Crippen molar-refractivity contribution in [2.75, 3.05) is 51.3 Å². The van der Waals surface area contributed by atoms with Crippen LogP contribution in [-0.4, -0.2) is 67.9 Å². The third-order valence-corrected chi connectivity index (χ3v) is 5.42. The zero-order valence-electron chi connectivity index (χ0n) is 16.7. The van der Waals surface area contributed by atoms with Gasteiger partial charge in [0.25, 0.3) is 0 Å². The van der Waals surface area contributed by atoms with E-state index in [9.17, 15) is 10.1 Å². The fourth-order valence-corrected chi connectivity index (χ4v) is 3.90. The minimum atomic E-state index is -0.0836. The topological polar surface area (TPSA) is 77.8 Å². The molecule has 0 unspecified atom stereocenters. The van der Waals surface area contributed by atoms with E-state index in [1.54, 1.807) is 18.2 Å². The maximum absolute atomic E-state index is 12.9. The molecule has 2 fully saturated rings. The minimum absolute atomic E-state index is 0.0836. The largest absolute Gasteiger partial charge is 0.492 e. The van der Waals surface area contributed by atoms with Crippen LogP contribution in [0.15, 0.2) is 18.2 Å². The van der Waals surface area contributed by atoms with Gasteiger partial charge in [-0.3, -0.25) is 4.90 Å². The second-order valence-electron chi connectivity index (χ2n) is 7.27. The van der Waals surface area contributed by atoms with Crippen molar-refractivity contribution >= 4 is 11.7 Å². The molecule has 2 aliphatic heterocycles. The summed E-state index contributed by atoms with van der Waals surface area (Å²) in [6, 6.07) is 7.51. The zero-order valence-corrected chi connectivity index (χ0v) is 16.7. The first-order valence-corrected chi connectivity index (χ1v) is 10.3. The number of piperidine rings is 1. The molecule has 0 aliphatic carbocycles. The van der Waals surface area contributed by atoms with E-state index in [0.29, 0.717) is 23.6 Å². The number of anilines is 1. The van der Waals surface area contributed by atoms with Gasteiger partial charge in [0.15, 0.2) is 0 Å². The van der Waals surface area contributed by atoms with Gasteiger partial charge < -0.3 is 19.7 Å². The number of carbonyl (C=O) groups excluding carboxylic acids is 1. The molecule has 2 aliphatic rings. The number of amides is 2. The lowest BCUT2D eigenvalue weighted by Crippen LogP contribution is -2.48. The first kappa shape index (κ1) is 20.4.